The van der Waals surface area contributed by atoms with Crippen molar-refractivity contribution in [2.24, 2.45) is 17.3 Å². The SMILES string of the molecule is CC(C)CCN1CCN(c2ccc(N3CCOCC3)cc2C2=CCC(C(C)(C)C)CC2)CC1.Cl. The van der Waals surface area contributed by atoms with Crippen LogP contribution in [0.3, 0.4) is 0 Å². The molecule has 0 amide bonds. The highest BCUT2D eigenvalue weighted by atomic mass is 35.5. The van der Waals surface area contributed by atoms with Crippen molar-refractivity contribution in [3.05, 3.63) is 29.8 Å². The van der Waals surface area contributed by atoms with Gasteiger partial charge in [0.1, 0.15) is 0 Å². The molecule has 1 atom stereocenters. The largest absolute Gasteiger partial charge is 0.378 e. The number of piperazine rings is 1. The number of halogens is 1. The highest BCUT2D eigenvalue weighted by Crippen LogP contribution is 2.42. The van der Waals surface area contributed by atoms with Crippen molar-refractivity contribution in [2.45, 2.75) is 60.3 Å². The second-order valence-corrected chi connectivity index (χ2v) is 11.9. The van der Waals surface area contributed by atoms with Gasteiger partial charge >= 0.3 is 0 Å². The molecule has 1 aromatic rings. The van der Waals surface area contributed by atoms with Crippen LogP contribution in [0, 0.1) is 17.3 Å². The Bertz CT molecular complexity index is 802. The topological polar surface area (TPSA) is 19.0 Å². The average molecular weight is 490 g/mol. The first kappa shape index (κ1) is 27.4. The van der Waals surface area contributed by atoms with Gasteiger partial charge < -0.3 is 14.5 Å². The summed E-state index contributed by atoms with van der Waals surface area (Å²) in [7, 11) is 0. The zero-order valence-electron chi connectivity index (χ0n) is 22.3. The van der Waals surface area contributed by atoms with E-state index in [2.05, 4.69) is 73.6 Å². The van der Waals surface area contributed by atoms with E-state index in [0.717, 1.165) is 51.2 Å². The van der Waals surface area contributed by atoms with Crippen molar-refractivity contribution in [1.29, 1.82) is 0 Å². The fourth-order valence-electron chi connectivity index (χ4n) is 5.59. The molecular formula is C29H48ClN3O. The predicted octanol–water partition coefficient (Wildman–Crippen LogP) is 6.34. The maximum Gasteiger partial charge on any atom is 0.0642 e. The molecule has 2 aliphatic heterocycles. The Kier molecular flexibility index (Phi) is 9.77. The first-order valence-corrected chi connectivity index (χ1v) is 13.4. The standard InChI is InChI=1S/C29H47N3O.ClH/c1-23(2)12-13-30-14-16-32(17-15-30)28-11-10-26(31-18-20-33-21-19-31)22-27(28)24-6-8-25(9-7-24)29(3,4)5;/h6,10-11,22-23,25H,7-9,12-21H2,1-5H3;1H. The molecule has 1 aromatic carbocycles. The Morgan fingerprint density at radius 1 is 0.971 bits per heavy atom. The molecule has 34 heavy (non-hydrogen) atoms. The van der Waals surface area contributed by atoms with E-state index in [1.807, 2.05) is 0 Å². The highest BCUT2D eigenvalue weighted by molar-refractivity contribution is 5.85. The van der Waals surface area contributed by atoms with E-state index in [9.17, 15) is 0 Å². The molecule has 3 aliphatic rings. The lowest BCUT2D eigenvalue weighted by Crippen LogP contribution is -2.47. The molecular weight excluding hydrogens is 442 g/mol. The van der Waals surface area contributed by atoms with E-state index in [0.29, 0.717) is 5.41 Å². The normalized spacial score (nSPS) is 22.5. The van der Waals surface area contributed by atoms with Gasteiger partial charge in [0, 0.05) is 56.2 Å². The van der Waals surface area contributed by atoms with E-state index in [4.69, 9.17) is 4.74 Å². The van der Waals surface area contributed by atoms with Crippen LogP contribution in [0.5, 0.6) is 0 Å². The zero-order chi connectivity index (χ0) is 23.4. The van der Waals surface area contributed by atoms with Crippen LogP contribution in [0.2, 0.25) is 0 Å². The average Bonchev–Trinajstić information content (AvgIpc) is 2.83. The third-order valence-electron chi connectivity index (χ3n) is 8.07. The summed E-state index contributed by atoms with van der Waals surface area (Å²) in [5.74, 6) is 1.58. The third-order valence-corrected chi connectivity index (χ3v) is 8.07. The monoisotopic (exact) mass is 489 g/mol. The van der Waals surface area contributed by atoms with Crippen molar-refractivity contribution < 1.29 is 4.74 Å². The Labute approximate surface area is 215 Å². The van der Waals surface area contributed by atoms with Crippen LogP contribution in [0.25, 0.3) is 5.57 Å². The minimum absolute atomic E-state index is 0. The summed E-state index contributed by atoms with van der Waals surface area (Å²) in [5.41, 5.74) is 6.28. The van der Waals surface area contributed by atoms with Crippen LogP contribution in [-0.2, 0) is 4.74 Å². The molecule has 0 N–H and O–H groups in total. The molecule has 192 valence electrons. The van der Waals surface area contributed by atoms with Gasteiger partial charge in [-0.2, -0.15) is 0 Å². The Balaban J connectivity index is 0.00000324. The molecule has 0 aromatic heterocycles. The molecule has 0 bridgehead atoms. The van der Waals surface area contributed by atoms with Gasteiger partial charge in [0.05, 0.1) is 13.2 Å². The lowest BCUT2D eigenvalue weighted by Gasteiger charge is -2.39. The van der Waals surface area contributed by atoms with Crippen molar-refractivity contribution in [2.75, 3.05) is 68.8 Å². The summed E-state index contributed by atoms with van der Waals surface area (Å²) in [6, 6.07) is 7.27. The molecule has 2 heterocycles. The van der Waals surface area contributed by atoms with Gasteiger partial charge in [0.25, 0.3) is 0 Å². The predicted molar refractivity (Wildman–Crippen MR) is 150 cm³/mol. The van der Waals surface area contributed by atoms with Gasteiger partial charge in [0.15, 0.2) is 0 Å². The number of benzene rings is 1. The summed E-state index contributed by atoms with van der Waals surface area (Å²) < 4.78 is 5.61. The number of hydrogen-bond donors (Lipinski definition) is 0. The van der Waals surface area contributed by atoms with Crippen molar-refractivity contribution in [3.8, 4) is 0 Å². The van der Waals surface area contributed by atoms with Crippen LogP contribution >= 0.6 is 12.4 Å². The number of rotatable bonds is 6. The van der Waals surface area contributed by atoms with Crippen LogP contribution < -0.4 is 9.80 Å². The molecule has 4 nitrogen and oxygen atoms in total. The van der Waals surface area contributed by atoms with Crippen molar-refractivity contribution in [1.82, 2.24) is 4.90 Å². The van der Waals surface area contributed by atoms with Gasteiger partial charge in [-0.3, -0.25) is 4.90 Å². The second kappa shape index (κ2) is 12.1. The molecule has 0 spiro atoms. The lowest BCUT2D eigenvalue weighted by atomic mass is 9.72. The van der Waals surface area contributed by atoms with E-state index >= 15 is 0 Å². The van der Waals surface area contributed by atoms with Crippen LogP contribution in [0.1, 0.15) is 65.9 Å². The minimum atomic E-state index is 0. The number of allylic oxidation sites excluding steroid dienone is 2. The van der Waals surface area contributed by atoms with Gasteiger partial charge in [0.2, 0.25) is 0 Å². The van der Waals surface area contributed by atoms with Crippen LogP contribution in [0.4, 0.5) is 11.4 Å². The molecule has 0 saturated carbocycles. The van der Waals surface area contributed by atoms with Crippen LogP contribution in [0.15, 0.2) is 24.3 Å². The van der Waals surface area contributed by atoms with Crippen LogP contribution in [-0.4, -0.2) is 63.9 Å². The molecule has 2 saturated heterocycles. The second-order valence-electron chi connectivity index (χ2n) is 11.9. The van der Waals surface area contributed by atoms with E-state index in [1.165, 1.54) is 62.3 Å². The maximum absolute atomic E-state index is 5.61. The third kappa shape index (κ3) is 6.92. The Morgan fingerprint density at radius 2 is 1.68 bits per heavy atom. The molecule has 2 fully saturated rings. The highest BCUT2D eigenvalue weighted by Gasteiger charge is 2.28. The van der Waals surface area contributed by atoms with Gasteiger partial charge in [-0.25, -0.2) is 0 Å². The molecule has 0 radical (unpaired) electrons. The van der Waals surface area contributed by atoms with Gasteiger partial charge in [-0.05, 0) is 73.3 Å². The fourth-order valence-corrected chi connectivity index (χ4v) is 5.59. The fraction of sp³-hybridized carbons (Fsp3) is 0.724. The number of nitrogens with zero attached hydrogens (tertiary/aromatic N) is 3. The van der Waals surface area contributed by atoms with Gasteiger partial charge in [-0.1, -0.05) is 40.7 Å². The smallest absolute Gasteiger partial charge is 0.0642 e. The van der Waals surface area contributed by atoms with E-state index < -0.39 is 0 Å². The van der Waals surface area contributed by atoms with E-state index in [-0.39, 0.29) is 12.4 Å². The lowest BCUT2D eigenvalue weighted by molar-refractivity contribution is 0.122. The zero-order valence-corrected chi connectivity index (χ0v) is 23.1. The minimum Gasteiger partial charge on any atom is -0.378 e. The Hall–Kier alpha value is -1.23. The Morgan fingerprint density at radius 3 is 2.26 bits per heavy atom. The maximum atomic E-state index is 5.61. The molecule has 1 unspecified atom stereocenters. The quantitative estimate of drug-likeness (QED) is 0.463. The first-order chi connectivity index (χ1) is 15.8. The summed E-state index contributed by atoms with van der Waals surface area (Å²) in [6.45, 7) is 21.4. The number of anilines is 2. The van der Waals surface area contributed by atoms with Crippen molar-refractivity contribution >= 4 is 29.4 Å². The van der Waals surface area contributed by atoms with E-state index in [1.54, 1.807) is 5.57 Å². The summed E-state index contributed by atoms with van der Waals surface area (Å²) in [4.78, 5) is 7.81. The number of ether oxygens (including phenoxy) is 1. The number of hydrogen-bond acceptors (Lipinski definition) is 4. The summed E-state index contributed by atoms with van der Waals surface area (Å²) in [5, 5.41) is 0. The molecule has 5 heteroatoms. The first-order valence-electron chi connectivity index (χ1n) is 13.4. The molecule has 4 rings (SSSR count). The molecule has 1 aliphatic carbocycles. The van der Waals surface area contributed by atoms with Crippen molar-refractivity contribution in [3.63, 3.8) is 0 Å². The number of morpholine rings is 1. The summed E-state index contributed by atoms with van der Waals surface area (Å²) in [6.07, 6.45) is 7.60. The van der Waals surface area contributed by atoms with Gasteiger partial charge in [-0.15, -0.1) is 12.4 Å². The summed E-state index contributed by atoms with van der Waals surface area (Å²) >= 11 is 0.